The van der Waals surface area contributed by atoms with Gasteiger partial charge in [0, 0.05) is 32.2 Å². The lowest BCUT2D eigenvalue weighted by atomic mass is 10.1. The highest BCUT2D eigenvalue weighted by atomic mass is 79.9. The molecule has 122 valence electrons. The Morgan fingerprint density at radius 1 is 1.32 bits per heavy atom. The van der Waals surface area contributed by atoms with Crippen LogP contribution < -0.4 is 0 Å². The molecule has 0 bridgehead atoms. The zero-order chi connectivity index (χ0) is 15.7. The zero-order valence-electron chi connectivity index (χ0n) is 12.9. The average molecular weight is 371 g/mol. The highest BCUT2D eigenvalue weighted by Crippen LogP contribution is 2.29. The second-order valence-corrected chi connectivity index (χ2v) is 7.03. The van der Waals surface area contributed by atoms with Crippen molar-refractivity contribution < 1.29 is 9.90 Å². The number of halogens is 1. The first kappa shape index (κ1) is 16.0. The van der Waals surface area contributed by atoms with Crippen molar-refractivity contribution in [2.75, 3.05) is 26.2 Å². The van der Waals surface area contributed by atoms with E-state index in [1.807, 2.05) is 11.8 Å². The molecule has 7 heteroatoms. The molecule has 6 nitrogen and oxygen atoms in total. The van der Waals surface area contributed by atoms with Crippen molar-refractivity contribution in [1.82, 2.24) is 19.8 Å². The Balaban J connectivity index is 1.69. The summed E-state index contributed by atoms with van der Waals surface area (Å²) in [5.41, 5.74) is 0.652. The number of carboxylic acids is 1. The van der Waals surface area contributed by atoms with E-state index in [1.165, 1.54) is 25.7 Å². The Morgan fingerprint density at radius 3 is 2.45 bits per heavy atom. The summed E-state index contributed by atoms with van der Waals surface area (Å²) >= 11 is 3.38. The van der Waals surface area contributed by atoms with Gasteiger partial charge >= 0.3 is 5.97 Å². The van der Waals surface area contributed by atoms with E-state index in [9.17, 15) is 9.90 Å². The number of rotatable bonds is 4. The van der Waals surface area contributed by atoms with Crippen LogP contribution in [-0.2, 0) is 4.79 Å². The predicted octanol–water partition coefficient (Wildman–Crippen LogP) is 2.17. The fraction of sp³-hybridized carbons (Fsp3) is 0.733. The Kier molecular flexibility index (Phi) is 4.84. The van der Waals surface area contributed by atoms with Gasteiger partial charge in [0.1, 0.15) is 10.4 Å². The Bertz CT molecular complexity index is 534. The molecule has 3 rings (SSSR count). The smallest absolute Gasteiger partial charge is 0.327 e. The molecule has 22 heavy (non-hydrogen) atoms. The van der Waals surface area contributed by atoms with E-state index in [4.69, 9.17) is 0 Å². The maximum atomic E-state index is 11.8. The van der Waals surface area contributed by atoms with Crippen LogP contribution in [-0.4, -0.2) is 63.1 Å². The van der Waals surface area contributed by atoms with Crippen molar-refractivity contribution in [3.05, 3.63) is 16.1 Å². The highest BCUT2D eigenvalue weighted by Gasteiger charge is 2.35. The molecule has 0 aromatic carbocycles. The first-order chi connectivity index (χ1) is 10.6. The highest BCUT2D eigenvalue weighted by molar-refractivity contribution is 9.10. The summed E-state index contributed by atoms with van der Waals surface area (Å²) in [4.78, 5) is 23.7. The zero-order valence-corrected chi connectivity index (χ0v) is 14.5. The number of aromatic amines is 1. The Hall–Kier alpha value is -0.920. The van der Waals surface area contributed by atoms with E-state index >= 15 is 0 Å². The SMILES string of the molecule is Cc1nc(Br)c(C(C(=O)O)N2CCN(C3CCCC3)CC2)[nH]1. The molecular weight excluding hydrogens is 348 g/mol. The van der Waals surface area contributed by atoms with Crippen LogP contribution >= 0.6 is 15.9 Å². The lowest BCUT2D eigenvalue weighted by molar-refractivity contribution is -0.144. The lowest BCUT2D eigenvalue weighted by Crippen LogP contribution is -2.51. The minimum Gasteiger partial charge on any atom is -0.480 e. The van der Waals surface area contributed by atoms with E-state index in [2.05, 4.69) is 30.8 Å². The van der Waals surface area contributed by atoms with Crippen LogP contribution in [0.25, 0.3) is 0 Å². The van der Waals surface area contributed by atoms with E-state index in [-0.39, 0.29) is 0 Å². The molecule has 2 heterocycles. The summed E-state index contributed by atoms with van der Waals surface area (Å²) in [5.74, 6) is -0.0867. The third-order valence-corrected chi connectivity index (χ3v) is 5.47. The molecule has 2 N–H and O–H groups in total. The van der Waals surface area contributed by atoms with Crippen LogP contribution in [0.3, 0.4) is 0 Å². The summed E-state index contributed by atoms with van der Waals surface area (Å²) in [6, 6.07) is 0.0628. The number of H-pyrrole nitrogens is 1. The monoisotopic (exact) mass is 370 g/mol. The molecule has 1 aromatic heterocycles. The van der Waals surface area contributed by atoms with Crippen LogP contribution in [0.15, 0.2) is 4.60 Å². The number of aryl methyl sites for hydroxylation is 1. The number of nitrogens with zero attached hydrogens (tertiary/aromatic N) is 3. The maximum Gasteiger partial charge on any atom is 0.327 e. The molecule has 1 saturated carbocycles. The number of hydrogen-bond donors (Lipinski definition) is 2. The van der Waals surface area contributed by atoms with Crippen molar-refractivity contribution in [1.29, 1.82) is 0 Å². The summed E-state index contributed by atoms with van der Waals surface area (Å²) in [7, 11) is 0. The van der Waals surface area contributed by atoms with Crippen LogP contribution in [0.2, 0.25) is 0 Å². The van der Waals surface area contributed by atoms with Crippen LogP contribution in [0, 0.1) is 6.92 Å². The molecule has 0 spiro atoms. The van der Waals surface area contributed by atoms with Gasteiger partial charge in [-0.25, -0.2) is 4.98 Å². The third kappa shape index (κ3) is 3.21. The van der Waals surface area contributed by atoms with Crippen LogP contribution in [0.4, 0.5) is 0 Å². The van der Waals surface area contributed by atoms with Gasteiger partial charge in [-0.05, 0) is 35.7 Å². The van der Waals surface area contributed by atoms with Gasteiger partial charge in [-0.3, -0.25) is 14.6 Å². The molecule has 1 aliphatic heterocycles. The molecule has 0 amide bonds. The van der Waals surface area contributed by atoms with Gasteiger partial charge in [0.25, 0.3) is 0 Å². The molecule has 1 atom stereocenters. The number of hydrogen-bond acceptors (Lipinski definition) is 4. The number of aromatic nitrogens is 2. The van der Waals surface area contributed by atoms with Crippen molar-refractivity contribution in [2.45, 2.75) is 44.7 Å². The van der Waals surface area contributed by atoms with Gasteiger partial charge in [0.05, 0.1) is 5.69 Å². The molecular formula is C15H23BrN4O2. The Morgan fingerprint density at radius 2 is 1.95 bits per heavy atom. The lowest BCUT2D eigenvalue weighted by Gasteiger charge is -2.40. The van der Waals surface area contributed by atoms with E-state index < -0.39 is 12.0 Å². The van der Waals surface area contributed by atoms with Gasteiger partial charge < -0.3 is 10.1 Å². The molecule has 1 aromatic rings. The van der Waals surface area contributed by atoms with Gasteiger partial charge in [-0.2, -0.15) is 0 Å². The average Bonchev–Trinajstić information content (AvgIpc) is 3.10. The topological polar surface area (TPSA) is 72.5 Å². The molecule has 2 aliphatic rings. The minimum absolute atomic E-state index is 0.607. The van der Waals surface area contributed by atoms with Crippen molar-refractivity contribution >= 4 is 21.9 Å². The van der Waals surface area contributed by atoms with Crippen molar-refractivity contribution in [3.63, 3.8) is 0 Å². The summed E-state index contributed by atoms with van der Waals surface area (Å²) in [6.45, 7) is 5.33. The molecule has 1 saturated heterocycles. The van der Waals surface area contributed by atoms with Crippen molar-refractivity contribution in [2.24, 2.45) is 0 Å². The summed E-state index contributed by atoms with van der Waals surface area (Å²) in [5, 5.41) is 9.67. The number of imidazole rings is 1. The summed E-state index contributed by atoms with van der Waals surface area (Å²) < 4.78 is 0.607. The predicted molar refractivity (Wildman–Crippen MR) is 86.8 cm³/mol. The maximum absolute atomic E-state index is 11.8. The normalized spacial score (nSPS) is 23.0. The van der Waals surface area contributed by atoms with Crippen LogP contribution in [0.1, 0.15) is 43.2 Å². The first-order valence-corrected chi connectivity index (χ1v) is 8.78. The van der Waals surface area contributed by atoms with E-state index in [0.717, 1.165) is 32.0 Å². The number of carboxylic acid groups (broad SMARTS) is 1. The third-order valence-electron chi connectivity index (χ3n) is 4.87. The number of carbonyl (C=O) groups is 1. The Labute approximate surface area is 139 Å². The van der Waals surface area contributed by atoms with E-state index in [1.54, 1.807) is 0 Å². The quantitative estimate of drug-likeness (QED) is 0.849. The van der Waals surface area contributed by atoms with Crippen molar-refractivity contribution in [3.8, 4) is 0 Å². The van der Waals surface area contributed by atoms with Gasteiger partial charge in [0.15, 0.2) is 6.04 Å². The molecule has 1 aliphatic carbocycles. The summed E-state index contributed by atoms with van der Waals surface area (Å²) in [6.07, 6.45) is 5.27. The fourth-order valence-corrected chi connectivity index (χ4v) is 4.34. The molecule has 0 radical (unpaired) electrons. The van der Waals surface area contributed by atoms with E-state index in [0.29, 0.717) is 16.3 Å². The fourth-order valence-electron chi connectivity index (χ4n) is 3.76. The van der Waals surface area contributed by atoms with Gasteiger partial charge in [0.2, 0.25) is 0 Å². The molecule has 1 unspecified atom stereocenters. The number of aliphatic carboxylic acids is 1. The van der Waals surface area contributed by atoms with Crippen LogP contribution in [0.5, 0.6) is 0 Å². The first-order valence-electron chi connectivity index (χ1n) is 7.99. The largest absolute Gasteiger partial charge is 0.480 e. The second-order valence-electron chi connectivity index (χ2n) is 6.28. The molecule has 2 fully saturated rings. The van der Waals surface area contributed by atoms with Gasteiger partial charge in [-0.15, -0.1) is 0 Å². The standard InChI is InChI=1S/C15H23BrN4O2/c1-10-17-12(14(16)18-10)13(15(21)22)20-8-6-19(7-9-20)11-4-2-3-5-11/h11,13H,2-9H2,1H3,(H,17,18)(H,21,22). The van der Waals surface area contributed by atoms with Gasteiger partial charge in [-0.1, -0.05) is 12.8 Å². The minimum atomic E-state index is -0.821. The number of piperazine rings is 1. The second kappa shape index (κ2) is 6.68. The number of nitrogens with one attached hydrogen (secondary N) is 1.